The van der Waals surface area contributed by atoms with E-state index < -0.39 is 25.5 Å². The highest BCUT2D eigenvalue weighted by Crippen LogP contribution is 2.33. The standard InChI is InChI=1S/C15H16N2O7S/c1-22-10-5-7-15(13(8-10)17(18)19)25(20,21)16-12-6-4-11(23-2)9-14(12)24-3/h4-9,16H,1-3H3. The lowest BCUT2D eigenvalue weighted by atomic mass is 10.3. The fourth-order valence-electron chi connectivity index (χ4n) is 2.08. The number of rotatable bonds is 7. The first-order valence-corrected chi connectivity index (χ1v) is 8.38. The molecule has 0 fully saturated rings. The van der Waals surface area contributed by atoms with Gasteiger partial charge in [-0.05, 0) is 24.3 Å². The van der Waals surface area contributed by atoms with Crippen molar-refractivity contribution in [2.75, 3.05) is 26.1 Å². The number of anilines is 1. The molecule has 2 aromatic rings. The zero-order valence-electron chi connectivity index (χ0n) is 13.7. The number of sulfonamides is 1. The van der Waals surface area contributed by atoms with Crippen LogP contribution in [-0.4, -0.2) is 34.7 Å². The topological polar surface area (TPSA) is 117 Å². The first kappa shape index (κ1) is 18.3. The summed E-state index contributed by atoms with van der Waals surface area (Å²) in [6.45, 7) is 0. The molecule has 2 aromatic carbocycles. The smallest absolute Gasteiger partial charge is 0.293 e. The van der Waals surface area contributed by atoms with Crippen LogP contribution in [0.5, 0.6) is 17.2 Å². The minimum atomic E-state index is -4.23. The van der Waals surface area contributed by atoms with E-state index in [1.165, 1.54) is 45.6 Å². The van der Waals surface area contributed by atoms with Crippen molar-refractivity contribution in [2.45, 2.75) is 4.90 Å². The van der Waals surface area contributed by atoms with E-state index in [4.69, 9.17) is 14.2 Å². The van der Waals surface area contributed by atoms with E-state index in [2.05, 4.69) is 4.72 Å². The molecular weight excluding hydrogens is 352 g/mol. The van der Waals surface area contributed by atoms with Gasteiger partial charge in [0.15, 0.2) is 4.90 Å². The van der Waals surface area contributed by atoms with Gasteiger partial charge in [0.05, 0.1) is 38.0 Å². The Labute approximate surface area is 144 Å². The van der Waals surface area contributed by atoms with Crippen LogP contribution in [0.4, 0.5) is 11.4 Å². The maximum Gasteiger partial charge on any atom is 0.293 e. The van der Waals surface area contributed by atoms with Crippen molar-refractivity contribution in [3.8, 4) is 17.2 Å². The molecule has 0 aliphatic heterocycles. The van der Waals surface area contributed by atoms with Gasteiger partial charge >= 0.3 is 0 Å². The molecule has 0 aliphatic carbocycles. The third-order valence-corrected chi connectivity index (χ3v) is 4.72. The molecule has 0 amide bonds. The second-order valence-electron chi connectivity index (χ2n) is 4.76. The van der Waals surface area contributed by atoms with E-state index in [1.807, 2.05) is 0 Å². The van der Waals surface area contributed by atoms with Gasteiger partial charge in [-0.1, -0.05) is 0 Å². The summed E-state index contributed by atoms with van der Waals surface area (Å²) in [7, 11) is -0.0859. The monoisotopic (exact) mass is 368 g/mol. The summed E-state index contributed by atoms with van der Waals surface area (Å²) in [6, 6.07) is 7.93. The summed E-state index contributed by atoms with van der Waals surface area (Å²) in [5.41, 5.74) is -0.479. The van der Waals surface area contributed by atoms with Gasteiger partial charge in [-0.3, -0.25) is 14.8 Å². The second-order valence-corrected chi connectivity index (χ2v) is 6.41. The number of nitro groups is 1. The Morgan fingerprint density at radius 2 is 1.56 bits per heavy atom. The number of methoxy groups -OCH3 is 3. The second kappa shape index (κ2) is 7.26. The van der Waals surface area contributed by atoms with Gasteiger partial charge in [0, 0.05) is 6.07 Å². The molecule has 0 unspecified atom stereocenters. The predicted molar refractivity (Wildman–Crippen MR) is 90.0 cm³/mol. The number of ether oxygens (including phenoxy) is 3. The van der Waals surface area contributed by atoms with Crippen molar-refractivity contribution in [3.63, 3.8) is 0 Å². The Bertz CT molecular complexity index is 897. The van der Waals surface area contributed by atoms with E-state index in [-0.39, 0.29) is 17.2 Å². The van der Waals surface area contributed by atoms with Crippen molar-refractivity contribution in [1.82, 2.24) is 0 Å². The molecule has 0 bridgehead atoms. The Balaban J connectivity index is 2.48. The van der Waals surface area contributed by atoms with Gasteiger partial charge < -0.3 is 14.2 Å². The molecule has 0 aliphatic rings. The van der Waals surface area contributed by atoms with E-state index >= 15 is 0 Å². The highest BCUT2D eigenvalue weighted by atomic mass is 32.2. The van der Waals surface area contributed by atoms with Crippen LogP contribution < -0.4 is 18.9 Å². The average molecular weight is 368 g/mol. The van der Waals surface area contributed by atoms with Crippen LogP contribution in [0, 0.1) is 10.1 Å². The minimum absolute atomic E-state index is 0.119. The SMILES string of the molecule is COc1ccc(NS(=O)(=O)c2ccc(OC)cc2[N+](=O)[O-])c(OC)c1. The van der Waals surface area contributed by atoms with E-state index in [0.29, 0.717) is 5.75 Å². The first-order chi connectivity index (χ1) is 11.8. The van der Waals surface area contributed by atoms with Crippen molar-refractivity contribution in [1.29, 1.82) is 0 Å². The lowest BCUT2D eigenvalue weighted by Crippen LogP contribution is -2.15. The lowest BCUT2D eigenvalue weighted by molar-refractivity contribution is -0.387. The molecule has 0 spiro atoms. The molecule has 1 N–H and O–H groups in total. The van der Waals surface area contributed by atoms with Gasteiger partial charge in [-0.2, -0.15) is 0 Å². The predicted octanol–water partition coefficient (Wildman–Crippen LogP) is 2.42. The summed E-state index contributed by atoms with van der Waals surface area (Å²) >= 11 is 0. The molecule has 0 saturated carbocycles. The third kappa shape index (κ3) is 3.91. The Morgan fingerprint density at radius 3 is 2.12 bits per heavy atom. The molecule has 0 heterocycles. The molecule has 134 valence electrons. The van der Waals surface area contributed by atoms with Crippen LogP contribution in [0.1, 0.15) is 0 Å². The summed E-state index contributed by atoms with van der Waals surface area (Å²) in [5.74, 6) is 0.849. The molecule has 25 heavy (non-hydrogen) atoms. The van der Waals surface area contributed by atoms with E-state index in [0.717, 1.165) is 12.1 Å². The zero-order chi connectivity index (χ0) is 18.6. The first-order valence-electron chi connectivity index (χ1n) is 6.89. The van der Waals surface area contributed by atoms with E-state index in [9.17, 15) is 18.5 Å². The van der Waals surface area contributed by atoms with Gasteiger partial charge in [0.1, 0.15) is 17.2 Å². The van der Waals surface area contributed by atoms with E-state index in [1.54, 1.807) is 0 Å². The van der Waals surface area contributed by atoms with Gasteiger partial charge in [0.2, 0.25) is 0 Å². The minimum Gasteiger partial charge on any atom is -0.497 e. The van der Waals surface area contributed by atoms with Crippen molar-refractivity contribution < 1.29 is 27.6 Å². The molecule has 10 heteroatoms. The molecule has 0 aromatic heterocycles. The summed E-state index contributed by atoms with van der Waals surface area (Å²) in [5, 5.41) is 11.2. The molecule has 2 rings (SSSR count). The molecule has 0 radical (unpaired) electrons. The summed E-state index contributed by atoms with van der Waals surface area (Å²) in [6.07, 6.45) is 0. The van der Waals surface area contributed by atoms with Crippen molar-refractivity contribution in [2.24, 2.45) is 0 Å². The van der Waals surface area contributed by atoms with Crippen molar-refractivity contribution in [3.05, 3.63) is 46.5 Å². The number of nitro benzene ring substituents is 1. The third-order valence-electron chi connectivity index (χ3n) is 3.31. The van der Waals surface area contributed by atoms with Crippen LogP contribution in [-0.2, 0) is 10.0 Å². The van der Waals surface area contributed by atoms with Crippen LogP contribution in [0.3, 0.4) is 0 Å². The van der Waals surface area contributed by atoms with Gasteiger partial charge in [-0.15, -0.1) is 0 Å². The van der Waals surface area contributed by atoms with Crippen LogP contribution in [0.15, 0.2) is 41.3 Å². The van der Waals surface area contributed by atoms with Crippen LogP contribution in [0.2, 0.25) is 0 Å². The number of nitrogens with one attached hydrogen (secondary N) is 1. The average Bonchev–Trinajstić information content (AvgIpc) is 2.61. The molecular formula is C15H16N2O7S. The van der Waals surface area contributed by atoms with Gasteiger partial charge in [0.25, 0.3) is 15.7 Å². The molecule has 0 saturated heterocycles. The Kier molecular flexibility index (Phi) is 5.32. The fraction of sp³-hybridized carbons (Fsp3) is 0.200. The molecule has 9 nitrogen and oxygen atoms in total. The maximum atomic E-state index is 12.6. The number of hydrogen-bond donors (Lipinski definition) is 1. The van der Waals surface area contributed by atoms with Crippen LogP contribution >= 0.6 is 0 Å². The highest BCUT2D eigenvalue weighted by molar-refractivity contribution is 7.92. The number of nitrogens with zero attached hydrogens (tertiary/aromatic N) is 1. The fourth-order valence-corrected chi connectivity index (χ4v) is 3.30. The van der Waals surface area contributed by atoms with Gasteiger partial charge in [-0.25, -0.2) is 8.42 Å². The summed E-state index contributed by atoms with van der Waals surface area (Å²) < 4.78 is 42.6. The number of benzene rings is 2. The molecule has 0 atom stereocenters. The van der Waals surface area contributed by atoms with Crippen LogP contribution in [0.25, 0.3) is 0 Å². The van der Waals surface area contributed by atoms with Crippen molar-refractivity contribution >= 4 is 21.4 Å². The maximum absolute atomic E-state index is 12.6. The number of hydrogen-bond acceptors (Lipinski definition) is 7. The Hall–Kier alpha value is -3.01. The largest absolute Gasteiger partial charge is 0.497 e. The zero-order valence-corrected chi connectivity index (χ0v) is 14.5. The summed E-state index contributed by atoms with van der Waals surface area (Å²) in [4.78, 5) is 9.93. The quantitative estimate of drug-likeness (QED) is 0.589. The normalized spacial score (nSPS) is 10.8. The Morgan fingerprint density at radius 1 is 0.960 bits per heavy atom. The highest BCUT2D eigenvalue weighted by Gasteiger charge is 2.27. The lowest BCUT2D eigenvalue weighted by Gasteiger charge is -2.13.